The molecule has 1 N–H and O–H groups in total. The van der Waals surface area contributed by atoms with Crippen LogP contribution in [0.2, 0.25) is 0 Å². The largest absolute Gasteiger partial charge is 0.493 e. The van der Waals surface area contributed by atoms with Gasteiger partial charge in [0.05, 0.1) is 19.3 Å². The molecule has 1 aromatic rings. The smallest absolute Gasteiger partial charge is 0.122 e. The van der Waals surface area contributed by atoms with Crippen LogP contribution in [0.1, 0.15) is 43.6 Å². The molecule has 1 fully saturated rings. The minimum atomic E-state index is 0.528. The molecular formula is C17H25NO2. The van der Waals surface area contributed by atoms with Crippen LogP contribution in [0.15, 0.2) is 24.3 Å². The van der Waals surface area contributed by atoms with Gasteiger partial charge in [-0.25, -0.2) is 0 Å². The number of hydrogen-bond donors (Lipinski definition) is 1. The topological polar surface area (TPSA) is 30.5 Å². The maximum absolute atomic E-state index is 5.87. The van der Waals surface area contributed by atoms with E-state index in [1.807, 2.05) is 6.07 Å². The van der Waals surface area contributed by atoms with Gasteiger partial charge in [0.2, 0.25) is 0 Å². The highest BCUT2D eigenvalue weighted by Gasteiger charge is 2.20. The highest BCUT2D eigenvalue weighted by molar-refractivity contribution is 5.37. The predicted octanol–water partition coefficient (Wildman–Crippen LogP) is 3.10. The van der Waals surface area contributed by atoms with E-state index in [4.69, 9.17) is 9.47 Å². The summed E-state index contributed by atoms with van der Waals surface area (Å²) in [7, 11) is 0. The summed E-state index contributed by atoms with van der Waals surface area (Å²) in [6, 6.07) is 8.41. The minimum absolute atomic E-state index is 0.528. The van der Waals surface area contributed by atoms with E-state index in [-0.39, 0.29) is 0 Å². The van der Waals surface area contributed by atoms with Crippen LogP contribution in [-0.2, 0) is 4.74 Å². The van der Waals surface area contributed by atoms with Crippen LogP contribution in [0.5, 0.6) is 5.75 Å². The molecule has 3 nitrogen and oxygen atoms in total. The van der Waals surface area contributed by atoms with Gasteiger partial charge in [0, 0.05) is 19.0 Å². The molecule has 1 unspecified atom stereocenters. The summed E-state index contributed by atoms with van der Waals surface area (Å²) in [4.78, 5) is 0. The van der Waals surface area contributed by atoms with Gasteiger partial charge in [0.25, 0.3) is 0 Å². The van der Waals surface area contributed by atoms with E-state index in [0.29, 0.717) is 12.0 Å². The van der Waals surface area contributed by atoms with Crippen LogP contribution in [0.3, 0.4) is 0 Å². The van der Waals surface area contributed by atoms with Crippen molar-refractivity contribution in [1.82, 2.24) is 5.32 Å². The van der Waals surface area contributed by atoms with Crippen molar-refractivity contribution in [3.8, 4) is 5.75 Å². The molecule has 1 aromatic carbocycles. The van der Waals surface area contributed by atoms with Gasteiger partial charge in [-0.15, -0.1) is 0 Å². The van der Waals surface area contributed by atoms with Crippen molar-refractivity contribution in [3.05, 3.63) is 29.8 Å². The third kappa shape index (κ3) is 3.53. The van der Waals surface area contributed by atoms with Crippen LogP contribution in [0.4, 0.5) is 0 Å². The van der Waals surface area contributed by atoms with Crippen molar-refractivity contribution in [2.45, 2.75) is 44.1 Å². The van der Waals surface area contributed by atoms with Crippen molar-refractivity contribution in [2.75, 3.05) is 26.3 Å². The van der Waals surface area contributed by atoms with Crippen LogP contribution in [0, 0.1) is 0 Å². The molecular weight excluding hydrogens is 250 g/mol. The Balaban J connectivity index is 1.38. The van der Waals surface area contributed by atoms with E-state index >= 15 is 0 Å². The molecule has 0 bridgehead atoms. The van der Waals surface area contributed by atoms with E-state index in [2.05, 4.69) is 23.5 Å². The lowest BCUT2D eigenvalue weighted by atomic mass is 9.93. The molecule has 1 heterocycles. The Morgan fingerprint density at radius 1 is 1.15 bits per heavy atom. The fraction of sp³-hybridized carbons (Fsp3) is 0.647. The Morgan fingerprint density at radius 3 is 2.90 bits per heavy atom. The van der Waals surface area contributed by atoms with E-state index in [1.165, 1.54) is 31.2 Å². The molecule has 3 rings (SSSR count). The number of ether oxygens (including phenoxy) is 2. The van der Waals surface area contributed by atoms with Gasteiger partial charge in [-0.2, -0.15) is 0 Å². The Bertz CT molecular complexity index is 415. The first-order valence-corrected chi connectivity index (χ1v) is 7.97. The fourth-order valence-electron chi connectivity index (χ4n) is 3.26. The summed E-state index contributed by atoms with van der Waals surface area (Å²) in [6.45, 7) is 3.65. The summed E-state index contributed by atoms with van der Waals surface area (Å²) in [5.41, 5.74) is 1.35. The molecule has 110 valence electrons. The van der Waals surface area contributed by atoms with E-state index in [0.717, 1.165) is 38.5 Å². The zero-order valence-corrected chi connectivity index (χ0v) is 12.1. The SMILES string of the molecule is c1ccc2c(c1)OCCC2CNCCOC1CCCC1. The van der Waals surface area contributed by atoms with Gasteiger partial charge >= 0.3 is 0 Å². The standard InChI is InChI=1S/C17H25NO2/c1-2-6-15(5-1)19-12-10-18-13-14-9-11-20-17-8-4-3-7-16(14)17/h3-4,7-8,14-15,18H,1-2,5-6,9-13H2. The summed E-state index contributed by atoms with van der Waals surface area (Å²) in [6.07, 6.45) is 6.84. The second-order valence-corrected chi connectivity index (χ2v) is 5.85. The van der Waals surface area contributed by atoms with E-state index < -0.39 is 0 Å². The third-order valence-electron chi connectivity index (χ3n) is 4.41. The number of benzene rings is 1. The van der Waals surface area contributed by atoms with E-state index in [9.17, 15) is 0 Å². The molecule has 0 spiro atoms. The molecule has 0 aromatic heterocycles. The molecule has 0 saturated heterocycles. The quantitative estimate of drug-likeness (QED) is 0.809. The summed E-state index contributed by atoms with van der Waals surface area (Å²) >= 11 is 0. The Morgan fingerprint density at radius 2 is 2.00 bits per heavy atom. The van der Waals surface area contributed by atoms with Crippen LogP contribution in [0.25, 0.3) is 0 Å². The van der Waals surface area contributed by atoms with Crippen LogP contribution >= 0.6 is 0 Å². The lowest BCUT2D eigenvalue weighted by Gasteiger charge is -2.26. The Kier molecular flexibility index (Phi) is 4.93. The third-order valence-corrected chi connectivity index (χ3v) is 4.41. The minimum Gasteiger partial charge on any atom is -0.493 e. The second kappa shape index (κ2) is 7.09. The van der Waals surface area contributed by atoms with Gasteiger partial charge in [0.15, 0.2) is 0 Å². The van der Waals surface area contributed by atoms with Gasteiger partial charge in [-0.3, -0.25) is 0 Å². The summed E-state index contributed by atoms with van der Waals surface area (Å²) in [5.74, 6) is 1.64. The molecule has 3 heteroatoms. The average Bonchev–Trinajstić information content (AvgIpc) is 3.00. The molecule has 0 amide bonds. The van der Waals surface area contributed by atoms with Gasteiger partial charge in [0.1, 0.15) is 5.75 Å². The summed E-state index contributed by atoms with van der Waals surface area (Å²) < 4.78 is 11.6. The molecule has 2 aliphatic rings. The van der Waals surface area contributed by atoms with Crippen molar-refractivity contribution in [3.63, 3.8) is 0 Å². The Labute approximate surface area is 121 Å². The monoisotopic (exact) mass is 275 g/mol. The molecule has 1 aliphatic carbocycles. The zero-order chi connectivity index (χ0) is 13.6. The maximum atomic E-state index is 5.87. The predicted molar refractivity (Wildman–Crippen MR) is 80.4 cm³/mol. The number of fused-ring (bicyclic) bond motifs is 1. The normalized spacial score (nSPS) is 22.5. The maximum Gasteiger partial charge on any atom is 0.122 e. The Hall–Kier alpha value is -1.06. The summed E-state index contributed by atoms with van der Waals surface area (Å²) in [5, 5.41) is 3.54. The van der Waals surface area contributed by atoms with Crippen LogP contribution in [-0.4, -0.2) is 32.4 Å². The van der Waals surface area contributed by atoms with Crippen LogP contribution < -0.4 is 10.1 Å². The lowest BCUT2D eigenvalue weighted by molar-refractivity contribution is 0.0601. The van der Waals surface area contributed by atoms with Crippen molar-refractivity contribution in [2.24, 2.45) is 0 Å². The lowest BCUT2D eigenvalue weighted by Crippen LogP contribution is -2.29. The number of hydrogen-bond acceptors (Lipinski definition) is 3. The number of rotatable bonds is 6. The second-order valence-electron chi connectivity index (χ2n) is 5.85. The molecule has 0 radical (unpaired) electrons. The van der Waals surface area contributed by atoms with Crippen molar-refractivity contribution >= 4 is 0 Å². The zero-order valence-electron chi connectivity index (χ0n) is 12.1. The first-order chi connectivity index (χ1) is 9.93. The first-order valence-electron chi connectivity index (χ1n) is 7.97. The number of para-hydroxylation sites is 1. The van der Waals surface area contributed by atoms with E-state index in [1.54, 1.807) is 0 Å². The van der Waals surface area contributed by atoms with Gasteiger partial charge < -0.3 is 14.8 Å². The van der Waals surface area contributed by atoms with Crippen molar-refractivity contribution < 1.29 is 9.47 Å². The highest BCUT2D eigenvalue weighted by atomic mass is 16.5. The van der Waals surface area contributed by atoms with Gasteiger partial charge in [-0.05, 0) is 30.9 Å². The average molecular weight is 275 g/mol. The molecule has 1 atom stereocenters. The molecule has 1 saturated carbocycles. The first kappa shape index (κ1) is 13.9. The molecule has 20 heavy (non-hydrogen) atoms. The fourth-order valence-corrected chi connectivity index (χ4v) is 3.26. The highest BCUT2D eigenvalue weighted by Crippen LogP contribution is 2.32. The number of nitrogens with one attached hydrogen (secondary N) is 1. The molecule has 1 aliphatic heterocycles. The van der Waals surface area contributed by atoms with Gasteiger partial charge in [-0.1, -0.05) is 31.0 Å². The van der Waals surface area contributed by atoms with Crippen molar-refractivity contribution in [1.29, 1.82) is 0 Å².